The number of aromatic nitrogens is 5. The first-order chi connectivity index (χ1) is 20.6. The molecule has 12 heteroatoms. The minimum Gasteiger partial charge on any atom is -0.372 e. The van der Waals surface area contributed by atoms with E-state index in [-0.39, 0.29) is 29.1 Å². The van der Waals surface area contributed by atoms with Crippen molar-refractivity contribution < 1.29 is 18.3 Å². The van der Waals surface area contributed by atoms with Crippen LogP contribution in [0.15, 0.2) is 36.7 Å². The molecular weight excluding hydrogens is 554 g/mol. The molecule has 1 N–H and O–H groups in total. The first-order valence-corrected chi connectivity index (χ1v) is 14.7. The van der Waals surface area contributed by atoms with Gasteiger partial charge in [0.15, 0.2) is 11.6 Å². The highest BCUT2D eigenvalue weighted by molar-refractivity contribution is 5.83. The minimum atomic E-state index is -0.663. The van der Waals surface area contributed by atoms with Gasteiger partial charge >= 0.3 is 0 Å². The molecule has 2 fully saturated rings. The Hall–Kier alpha value is -4.03. The Balaban J connectivity index is 1.14. The van der Waals surface area contributed by atoms with Gasteiger partial charge in [-0.15, -0.1) is 0 Å². The van der Waals surface area contributed by atoms with Gasteiger partial charge < -0.3 is 19.5 Å². The molecule has 4 aromatic rings. The molecule has 5 heterocycles. The molecule has 2 aliphatic rings. The number of aryl methyl sites for hydroxylation is 1. The number of likely N-dealkylation sites (tertiary alicyclic amines) is 1. The number of imidazole rings is 1. The van der Waals surface area contributed by atoms with Crippen LogP contribution < -0.4 is 5.32 Å². The topological polar surface area (TPSA) is 101 Å². The van der Waals surface area contributed by atoms with Crippen molar-refractivity contribution in [1.82, 2.24) is 34.3 Å². The van der Waals surface area contributed by atoms with E-state index in [4.69, 9.17) is 4.74 Å². The van der Waals surface area contributed by atoms with Crippen LogP contribution in [0, 0.1) is 18.6 Å². The summed E-state index contributed by atoms with van der Waals surface area (Å²) in [5.74, 6) is 0.264. The van der Waals surface area contributed by atoms with Crippen molar-refractivity contribution in [2.75, 3.05) is 38.1 Å². The molecule has 0 unspecified atom stereocenters. The highest BCUT2D eigenvalue weighted by Gasteiger charge is 2.36. The number of carbonyl (C=O) groups excluding carboxylic acids is 1. The van der Waals surface area contributed by atoms with Gasteiger partial charge in [0.2, 0.25) is 11.9 Å². The second-order valence-corrected chi connectivity index (χ2v) is 11.9. The third-order valence-electron chi connectivity index (χ3n) is 8.08. The first-order valence-electron chi connectivity index (χ1n) is 14.7. The Kier molecular flexibility index (Phi) is 7.82. The zero-order valence-electron chi connectivity index (χ0n) is 24.9. The molecule has 2 aliphatic heterocycles. The fourth-order valence-electron chi connectivity index (χ4n) is 5.91. The highest BCUT2D eigenvalue weighted by Crippen LogP contribution is 2.31. The number of hydrogen-bond acceptors (Lipinski definition) is 8. The van der Waals surface area contributed by atoms with E-state index >= 15 is 4.39 Å². The largest absolute Gasteiger partial charge is 0.372 e. The van der Waals surface area contributed by atoms with Gasteiger partial charge in [-0.3, -0.25) is 9.69 Å². The summed E-state index contributed by atoms with van der Waals surface area (Å²) >= 11 is 0. The number of nitrogens with zero attached hydrogens (tertiary/aromatic N) is 7. The maximum atomic E-state index is 15.0. The SMILES string of the molecule is Cc1nc2c(F)cc(-c3nc(Nc4ccc(CN5CCO[C@](C)(CC(=O)N6CCC6)C5)cn4)ncc3F)cc2n1C(C)C. The van der Waals surface area contributed by atoms with Crippen molar-refractivity contribution in [3.63, 3.8) is 0 Å². The van der Waals surface area contributed by atoms with Crippen molar-refractivity contribution >= 4 is 28.7 Å². The average molecular weight is 591 g/mol. The van der Waals surface area contributed by atoms with Crippen LogP contribution in [0.1, 0.15) is 51.0 Å². The van der Waals surface area contributed by atoms with Crippen LogP contribution in [0.2, 0.25) is 0 Å². The number of hydrogen-bond donors (Lipinski definition) is 1. The Labute approximate surface area is 249 Å². The number of amides is 1. The van der Waals surface area contributed by atoms with E-state index in [2.05, 4.69) is 30.2 Å². The summed E-state index contributed by atoms with van der Waals surface area (Å²) in [5, 5.41) is 3.03. The molecule has 1 atom stereocenters. The number of morpholine rings is 1. The number of rotatable bonds is 8. The number of ether oxygens (including phenoxy) is 1. The average Bonchev–Trinajstić information content (AvgIpc) is 3.26. The van der Waals surface area contributed by atoms with Crippen LogP contribution in [0.25, 0.3) is 22.3 Å². The molecule has 1 aromatic carbocycles. The summed E-state index contributed by atoms with van der Waals surface area (Å²) < 4.78 is 37.9. The van der Waals surface area contributed by atoms with E-state index in [0.717, 1.165) is 37.8 Å². The van der Waals surface area contributed by atoms with Crippen LogP contribution in [-0.2, 0) is 16.1 Å². The number of nitrogens with one attached hydrogen (secondary N) is 1. The predicted octanol–water partition coefficient (Wildman–Crippen LogP) is 5.01. The zero-order valence-corrected chi connectivity index (χ0v) is 24.9. The molecule has 6 rings (SSSR count). The highest BCUT2D eigenvalue weighted by atomic mass is 19.1. The summed E-state index contributed by atoms with van der Waals surface area (Å²) in [7, 11) is 0. The second kappa shape index (κ2) is 11.6. The lowest BCUT2D eigenvalue weighted by atomic mass is 9.97. The van der Waals surface area contributed by atoms with Crippen LogP contribution in [-0.4, -0.2) is 78.6 Å². The van der Waals surface area contributed by atoms with Gasteiger partial charge in [-0.25, -0.2) is 28.7 Å². The Bertz CT molecular complexity index is 1650. The number of fused-ring (bicyclic) bond motifs is 1. The van der Waals surface area contributed by atoms with E-state index in [1.165, 1.54) is 6.07 Å². The lowest BCUT2D eigenvalue weighted by Crippen LogP contribution is -2.53. The number of anilines is 2. The second-order valence-electron chi connectivity index (χ2n) is 11.9. The molecule has 0 aliphatic carbocycles. The Morgan fingerprint density at radius 1 is 1.09 bits per heavy atom. The number of halogens is 2. The monoisotopic (exact) mass is 590 g/mol. The molecular formula is C31H36F2N8O2. The maximum Gasteiger partial charge on any atom is 0.229 e. The molecule has 1 amide bonds. The number of benzene rings is 1. The standard InChI is InChI=1S/C31H36F2N8O2/c1-19(2)41-20(3)36-29-23(32)12-22(13-25(29)41)28-24(33)16-35-30(38-28)37-26-7-6-21(15-34-26)17-39-10-11-43-31(4,18-39)14-27(42)40-8-5-9-40/h6-7,12-13,15-16,19H,5,8-11,14,17-18H2,1-4H3,(H,34,35,37,38)/t31-/m1/s1. The molecule has 0 radical (unpaired) electrons. The van der Waals surface area contributed by atoms with Crippen molar-refractivity contribution in [1.29, 1.82) is 0 Å². The van der Waals surface area contributed by atoms with Crippen molar-refractivity contribution in [3.8, 4) is 11.3 Å². The van der Waals surface area contributed by atoms with Crippen LogP contribution in [0.5, 0.6) is 0 Å². The van der Waals surface area contributed by atoms with Crippen LogP contribution in [0.3, 0.4) is 0 Å². The van der Waals surface area contributed by atoms with Gasteiger partial charge in [-0.2, -0.15) is 0 Å². The lowest BCUT2D eigenvalue weighted by molar-refractivity contribution is -0.149. The Morgan fingerprint density at radius 2 is 1.91 bits per heavy atom. The van der Waals surface area contributed by atoms with Gasteiger partial charge in [0, 0.05) is 50.5 Å². The molecule has 0 spiro atoms. The maximum absolute atomic E-state index is 15.0. The van der Waals surface area contributed by atoms with Gasteiger partial charge in [-0.1, -0.05) is 6.07 Å². The van der Waals surface area contributed by atoms with E-state index in [1.807, 2.05) is 49.3 Å². The van der Waals surface area contributed by atoms with E-state index in [1.54, 1.807) is 12.3 Å². The smallest absolute Gasteiger partial charge is 0.229 e. The van der Waals surface area contributed by atoms with Crippen LogP contribution >= 0.6 is 0 Å². The minimum absolute atomic E-state index is 0.0213. The van der Waals surface area contributed by atoms with Crippen molar-refractivity contribution in [2.24, 2.45) is 0 Å². The lowest BCUT2D eigenvalue weighted by Gasteiger charge is -2.42. The fraction of sp³-hybridized carbons (Fsp3) is 0.452. The van der Waals surface area contributed by atoms with Gasteiger partial charge in [0.05, 0.1) is 30.3 Å². The third kappa shape index (κ3) is 6.07. The molecule has 10 nitrogen and oxygen atoms in total. The number of carbonyl (C=O) groups is 1. The molecule has 0 bridgehead atoms. The predicted molar refractivity (Wildman–Crippen MR) is 159 cm³/mol. The molecule has 3 aromatic heterocycles. The molecule has 226 valence electrons. The Morgan fingerprint density at radius 3 is 2.60 bits per heavy atom. The quantitative estimate of drug-likeness (QED) is 0.306. The molecule has 0 saturated carbocycles. The third-order valence-corrected chi connectivity index (χ3v) is 8.08. The summed E-state index contributed by atoms with van der Waals surface area (Å²) in [6.45, 7) is 12.1. The van der Waals surface area contributed by atoms with Crippen molar-refractivity contribution in [3.05, 3.63) is 59.7 Å². The van der Waals surface area contributed by atoms with Gasteiger partial charge in [-0.05, 0) is 57.9 Å². The zero-order chi connectivity index (χ0) is 30.3. The first kappa shape index (κ1) is 29.1. The summed E-state index contributed by atoms with van der Waals surface area (Å²) in [6.07, 6.45) is 4.28. The van der Waals surface area contributed by atoms with Crippen molar-refractivity contribution in [2.45, 2.75) is 58.7 Å². The van der Waals surface area contributed by atoms with E-state index in [9.17, 15) is 9.18 Å². The summed E-state index contributed by atoms with van der Waals surface area (Å²) in [4.78, 5) is 34.0. The van der Waals surface area contributed by atoms with Gasteiger partial charge in [0.1, 0.15) is 22.9 Å². The summed E-state index contributed by atoms with van der Waals surface area (Å²) in [6, 6.07) is 6.77. The van der Waals surface area contributed by atoms with E-state index in [0.29, 0.717) is 48.8 Å². The van der Waals surface area contributed by atoms with Crippen LogP contribution in [0.4, 0.5) is 20.5 Å². The normalized spacial score (nSPS) is 19.2. The molecule has 2 saturated heterocycles. The number of pyridine rings is 1. The summed E-state index contributed by atoms with van der Waals surface area (Å²) in [5.41, 5.74) is 1.59. The molecule has 43 heavy (non-hydrogen) atoms. The van der Waals surface area contributed by atoms with Gasteiger partial charge in [0.25, 0.3) is 0 Å². The fourth-order valence-corrected chi connectivity index (χ4v) is 5.91. The van der Waals surface area contributed by atoms with E-state index < -0.39 is 17.2 Å².